The summed E-state index contributed by atoms with van der Waals surface area (Å²) >= 11 is 0. The van der Waals surface area contributed by atoms with E-state index in [9.17, 15) is 19.2 Å². The van der Waals surface area contributed by atoms with E-state index in [2.05, 4.69) is 16.0 Å². The van der Waals surface area contributed by atoms with Crippen LogP contribution in [0.2, 0.25) is 0 Å². The Kier molecular flexibility index (Phi) is 10.2. The van der Waals surface area contributed by atoms with Crippen molar-refractivity contribution in [1.29, 1.82) is 0 Å². The molecule has 0 aromatic heterocycles. The molecule has 0 spiro atoms. The SMILES string of the molecule is CN[C@@H](C)C(=O)N[C@H](C(=O)NCC(=O)N1C=CN(Cc2ccc(C)cc2)C(=O)[C@@H]1Cc1ccccc1)C(C)(C)C. The second-order valence-corrected chi connectivity index (χ2v) is 11.3. The summed E-state index contributed by atoms with van der Waals surface area (Å²) in [5.74, 6) is -1.40. The average Bonchev–Trinajstić information content (AvgIpc) is 2.92. The van der Waals surface area contributed by atoms with Crippen LogP contribution in [-0.2, 0) is 32.1 Å². The minimum absolute atomic E-state index is 0.201. The van der Waals surface area contributed by atoms with E-state index in [0.717, 1.165) is 16.7 Å². The summed E-state index contributed by atoms with van der Waals surface area (Å²) in [4.78, 5) is 55.7. The standard InChI is InChI=1S/C31H41N5O4/c1-21-12-14-24(15-13-21)20-35-16-17-36(25(30(35)40)18-23-10-8-7-9-11-23)26(37)19-33-29(39)27(31(3,4)5)34-28(38)22(2)32-6/h7-17,22,25,27,32H,18-20H2,1-6H3,(H,33,39)(H,34,38)/t22-,25-,27+/m0/s1. The number of hydrogen-bond donors (Lipinski definition) is 3. The second kappa shape index (κ2) is 13.4. The molecule has 0 unspecified atom stereocenters. The Morgan fingerprint density at radius 1 is 0.925 bits per heavy atom. The van der Waals surface area contributed by atoms with Crippen molar-refractivity contribution in [2.75, 3.05) is 13.6 Å². The third kappa shape index (κ3) is 8.02. The van der Waals surface area contributed by atoms with Gasteiger partial charge in [0.15, 0.2) is 0 Å². The summed E-state index contributed by atoms with van der Waals surface area (Å²) in [5.41, 5.74) is 2.44. The fourth-order valence-electron chi connectivity index (χ4n) is 4.37. The van der Waals surface area contributed by atoms with Crippen LogP contribution < -0.4 is 16.0 Å². The molecule has 2 aromatic rings. The smallest absolute Gasteiger partial charge is 0.250 e. The Hall–Kier alpha value is -3.98. The number of amides is 4. The largest absolute Gasteiger partial charge is 0.345 e. The third-order valence-corrected chi connectivity index (χ3v) is 7.00. The van der Waals surface area contributed by atoms with Crippen molar-refractivity contribution in [2.45, 2.75) is 65.7 Å². The molecule has 1 aliphatic rings. The highest BCUT2D eigenvalue weighted by Gasteiger charge is 2.37. The summed E-state index contributed by atoms with van der Waals surface area (Å²) in [5, 5.41) is 8.31. The Morgan fingerprint density at radius 3 is 2.17 bits per heavy atom. The number of carbonyl (C=O) groups is 4. The lowest BCUT2D eigenvalue weighted by molar-refractivity contribution is -0.144. The average molecular weight is 548 g/mol. The van der Waals surface area contributed by atoms with Gasteiger partial charge < -0.3 is 25.8 Å². The molecule has 0 fully saturated rings. The molecule has 3 rings (SSSR count). The zero-order valence-electron chi connectivity index (χ0n) is 24.2. The molecule has 0 radical (unpaired) electrons. The van der Waals surface area contributed by atoms with Gasteiger partial charge in [0, 0.05) is 18.8 Å². The summed E-state index contributed by atoms with van der Waals surface area (Å²) in [7, 11) is 1.66. The van der Waals surface area contributed by atoms with E-state index < -0.39 is 35.4 Å². The molecule has 0 saturated carbocycles. The molecule has 0 aliphatic carbocycles. The van der Waals surface area contributed by atoms with Gasteiger partial charge in [0.25, 0.3) is 0 Å². The van der Waals surface area contributed by atoms with Gasteiger partial charge in [-0.1, -0.05) is 80.9 Å². The number of nitrogens with zero attached hydrogens (tertiary/aromatic N) is 2. The number of aryl methyl sites for hydroxylation is 1. The Morgan fingerprint density at radius 2 is 1.57 bits per heavy atom. The lowest BCUT2D eigenvalue weighted by Crippen LogP contribution is -2.58. The van der Waals surface area contributed by atoms with E-state index in [1.165, 1.54) is 4.90 Å². The van der Waals surface area contributed by atoms with E-state index in [0.29, 0.717) is 13.0 Å². The summed E-state index contributed by atoms with van der Waals surface area (Å²) in [6, 6.07) is 15.4. The van der Waals surface area contributed by atoms with Crippen molar-refractivity contribution in [1.82, 2.24) is 25.8 Å². The lowest BCUT2D eigenvalue weighted by Gasteiger charge is -2.36. The number of hydrogen-bond acceptors (Lipinski definition) is 5. The van der Waals surface area contributed by atoms with Crippen LogP contribution in [-0.4, -0.2) is 65.1 Å². The van der Waals surface area contributed by atoms with Gasteiger partial charge in [0.2, 0.25) is 23.6 Å². The monoisotopic (exact) mass is 547 g/mol. The minimum Gasteiger partial charge on any atom is -0.345 e. The van der Waals surface area contributed by atoms with Gasteiger partial charge >= 0.3 is 0 Å². The van der Waals surface area contributed by atoms with Crippen LogP contribution in [0.25, 0.3) is 0 Å². The maximum absolute atomic E-state index is 13.6. The minimum atomic E-state index is -0.854. The van der Waals surface area contributed by atoms with Gasteiger partial charge in [-0.15, -0.1) is 0 Å². The predicted octanol–water partition coefficient (Wildman–Crippen LogP) is 2.50. The molecular formula is C31H41N5O4. The number of rotatable bonds is 10. The van der Waals surface area contributed by atoms with Crippen LogP contribution in [0.4, 0.5) is 0 Å². The predicted molar refractivity (Wildman–Crippen MR) is 155 cm³/mol. The Labute approximate surface area is 237 Å². The van der Waals surface area contributed by atoms with Crippen molar-refractivity contribution in [3.63, 3.8) is 0 Å². The first-order valence-electron chi connectivity index (χ1n) is 13.6. The molecular weight excluding hydrogens is 506 g/mol. The fraction of sp³-hybridized carbons (Fsp3) is 0.419. The number of nitrogens with one attached hydrogen (secondary N) is 3. The zero-order valence-corrected chi connectivity index (χ0v) is 24.2. The summed E-state index contributed by atoms with van der Waals surface area (Å²) < 4.78 is 0. The van der Waals surface area contributed by atoms with Crippen LogP contribution in [0.3, 0.4) is 0 Å². The molecule has 9 heteroatoms. The van der Waals surface area contributed by atoms with Crippen LogP contribution in [0.5, 0.6) is 0 Å². The molecule has 0 saturated heterocycles. The first-order valence-corrected chi connectivity index (χ1v) is 13.6. The first kappa shape index (κ1) is 30.6. The number of carbonyl (C=O) groups excluding carboxylic acids is 4. The van der Waals surface area contributed by atoms with Gasteiger partial charge in [-0.2, -0.15) is 0 Å². The molecule has 3 atom stereocenters. The third-order valence-electron chi connectivity index (χ3n) is 7.00. The number of benzene rings is 2. The summed E-state index contributed by atoms with van der Waals surface area (Å²) in [6.45, 7) is 9.30. The Balaban J connectivity index is 1.76. The van der Waals surface area contributed by atoms with Gasteiger partial charge in [0.05, 0.1) is 19.1 Å². The van der Waals surface area contributed by atoms with Gasteiger partial charge in [-0.25, -0.2) is 0 Å². The molecule has 4 amide bonds. The highest BCUT2D eigenvalue weighted by Crippen LogP contribution is 2.21. The quantitative estimate of drug-likeness (QED) is 0.423. The first-order chi connectivity index (χ1) is 18.9. The van der Waals surface area contributed by atoms with Crippen LogP contribution in [0.1, 0.15) is 44.4 Å². The van der Waals surface area contributed by atoms with Crippen molar-refractivity contribution in [3.05, 3.63) is 83.7 Å². The topological polar surface area (TPSA) is 111 Å². The zero-order chi connectivity index (χ0) is 29.4. The molecule has 3 N–H and O–H groups in total. The molecule has 0 bridgehead atoms. The number of likely N-dealkylation sites (N-methyl/N-ethyl adjacent to an activating group) is 1. The van der Waals surface area contributed by atoms with Crippen LogP contribution in [0.15, 0.2) is 67.0 Å². The van der Waals surface area contributed by atoms with Gasteiger partial charge in [-0.3, -0.25) is 19.2 Å². The molecule has 2 aromatic carbocycles. The fourth-order valence-corrected chi connectivity index (χ4v) is 4.37. The van der Waals surface area contributed by atoms with E-state index in [-0.39, 0.29) is 18.4 Å². The molecule has 9 nitrogen and oxygen atoms in total. The van der Waals surface area contributed by atoms with E-state index in [1.807, 2.05) is 82.3 Å². The second-order valence-electron chi connectivity index (χ2n) is 11.3. The highest BCUT2D eigenvalue weighted by molar-refractivity contribution is 5.94. The van der Waals surface area contributed by atoms with Crippen molar-refractivity contribution < 1.29 is 19.2 Å². The molecule has 1 heterocycles. The summed E-state index contributed by atoms with van der Waals surface area (Å²) in [6.07, 6.45) is 3.55. The van der Waals surface area contributed by atoms with E-state index >= 15 is 0 Å². The highest BCUT2D eigenvalue weighted by atomic mass is 16.2. The molecule has 40 heavy (non-hydrogen) atoms. The van der Waals surface area contributed by atoms with E-state index in [4.69, 9.17) is 0 Å². The van der Waals surface area contributed by atoms with Gasteiger partial charge in [0.1, 0.15) is 12.1 Å². The maximum atomic E-state index is 13.6. The normalized spacial score (nSPS) is 16.9. The Bertz CT molecular complexity index is 1220. The van der Waals surface area contributed by atoms with Crippen molar-refractivity contribution in [2.24, 2.45) is 5.41 Å². The van der Waals surface area contributed by atoms with Crippen LogP contribution in [0, 0.1) is 12.3 Å². The van der Waals surface area contributed by atoms with Gasteiger partial charge in [-0.05, 0) is 37.4 Å². The van der Waals surface area contributed by atoms with Crippen molar-refractivity contribution >= 4 is 23.6 Å². The molecule has 1 aliphatic heterocycles. The van der Waals surface area contributed by atoms with E-state index in [1.54, 1.807) is 31.3 Å². The molecule has 214 valence electrons. The maximum Gasteiger partial charge on any atom is 0.250 e. The lowest BCUT2D eigenvalue weighted by atomic mass is 9.86. The van der Waals surface area contributed by atoms with Crippen LogP contribution >= 0.6 is 0 Å². The van der Waals surface area contributed by atoms with Crippen molar-refractivity contribution in [3.8, 4) is 0 Å².